The predicted octanol–water partition coefficient (Wildman–Crippen LogP) is 6.67. The van der Waals surface area contributed by atoms with Crippen molar-refractivity contribution in [1.29, 1.82) is 0 Å². The first-order chi connectivity index (χ1) is 18.4. The normalized spacial score (nSPS) is 18.1. The highest BCUT2D eigenvalue weighted by Crippen LogP contribution is 2.32. The first kappa shape index (κ1) is 28.0. The molecule has 204 valence electrons. The zero-order valence-electron chi connectivity index (χ0n) is 22.2. The van der Waals surface area contributed by atoms with E-state index < -0.39 is 17.6 Å². The molecule has 3 aromatic rings. The first-order valence-electron chi connectivity index (χ1n) is 13.7. The smallest absolute Gasteiger partial charge is 0.303 e. The number of carboxylic acids is 1. The summed E-state index contributed by atoms with van der Waals surface area (Å²) < 4.78 is 33.2. The number of aryl methyl sites for hydroxylation is 1. The Labute approximate surface area is 223 Å². The van der Waals surface area contributed by atoms with E-state index in [2.05, 4.69) is 16.0 Å². The number of carboxylic acid groups (broad SMARTS) is 1. The minimum atomic E-state index is -0.745. The van der Waals surface area contributed by atoms with Gasteiger partial charge in [-0.25, -0.2) is 8.78 Å². The standard InChI is InChI=1S/C31H38F2N2O3/c1-38-25-12-13-30-27(20-25)23(15-17-34-30)7-4-6-22-16-19-35(21-24(22)11-14-31(36)37)18-3-2-8-26-28(32)9-5-10-29(26)33/h5,9-10,12-13,15,17,20,22,24H,2-4,6-8,11,14,16,18-19,21H2,1H3,(H,36,37). The molecule has 4 rings (SSSR count). The van der Waals surface area contributed by atoms with E-state index >= 15 is 0 Å². The van der Waals surface area contributed by atoms with E-state index in [1.807, 2.05) is 24.4 Å². The van der Waals surface area contributed by atoms with E-state index in [-0.39, 0.29) is 12.0 Å². The molecule has 0 radical (unpaired) electrons. The van der Waals surface area contributed by atoms with Gasteiger partial charge in [-0.2, -0.15) is 0 Å². The maximum Gasteiger partial charge on any atom is 0.303 e. The van der Waals surface area contributed by atoms with Gasteiger partial charge < -0.3 is 14.7 Å². The quantitative estimate of drug-likeness (QED) is 0.253. The number of aliphatic carboxylic acids is 1. The minimum Gasteiger partial charge on any atom is -0.497 e. The molecule has 0 spiro atoms. The summed E-state index contributed by atoms with van der Waals surface area (Å²) in [5.41, 5.74) is 2.40. The molecule has 2 unspecified atom stereocenters. The average Bonchev–Trinajstić information content (AvgIpc) is 2.91. The lowest BCUT2D eigenvalue weighted by molar-refractivity contribution is -0.137. The van der Waals surface area contributed by atoms with E-state index in [9.17, 15) is 18.7 Å². The summed E-state index contributed by atoms with van der Waals surface area (Å²) in [5.74, 6) is -0.0207. The molecule has 1 aromatic heterocycles. The third-order valence-corrected chi connectivity index (χ3v) is 7.98. The van der Waals surface area contributed by atoms with Gasteiger partial charge in [0, 0.05) is 30.1 Å². The number of fused-ring (bicyclic) bond motifs is 1. The maximum atomic E-state index is 13.9. The summed E-state index contributed by atoms with van der Waals surface area (Å²) in [6.45, 7) is 2.75. The Kier molecular flexibility index (Phi) is 10.0. The molecule has 2 heterocycles. The molecule has 7 heteroatoms. The number of hydrogen-bond donors (Lipinski definition) is 1. The van der Waals surface area contributed by atoms with Gasteiger partial charge >= 0.3 is 5.97 Å². The molecule has 1 saturated heterocycles. The van der Waals surface area contributed by atoms with Crippen LogP contribution in [-0.2, 0) is 17.6 Å². The summed E-state index contributed by atoms with van der Waals surface area (Å²) in [5, 5.41) is 10.4. The molecule has 38 heavy (non-hydrogen) atoms. The van der Waals surface area contributed by atoms with Crippen LogP contribution in [0.25, 0.3) is 10.9 Å². The lowest BCUT2D eigenvalue weighted by atomic mass is 9.79. The van der Waals surface area contributed by atoms with Crippen LogP contribution in [0.4, 0.5) is 8.78 Å². The van der Waals surface area contributed by atoms with Gasteiger partial charge in [-0.05, 0) is 118 Å². The third kappa shape index (κ3) is 7.50. The van der Waals surface area contributed by atoms with Crippen LogP contribution in [0.15, 0.2) is 48.7 Å². The highest BCUT2D eigenvalue weighted by atomic mass is 19.1. The van der Waals surface area contributed by atoms with Crippen molar-refractivity contribution in [2.45, 2.75) is 57.8 Å². The number of ether oxygens (including phenoxy) is 1. The Morgan fingerprint density at radius 2 is 1.87 bits per heavy atom. The molecule has 1 fully saturated rings. The lowest BCUT2D eigenvalue weighted by Gasteiger charge is -2.39. The van der Waals surface area contributed by atoms with Crippen molar-refractivity contribution in [3.05, 3.63) is 71.4 Å². The Morgan fingerprint density at radius 3 is 2.63 bits per heavy atom. The Bertz CT molecular complexity index is 1200. The van der Waals surface area contributed by atoms with Crippen molar-refractivity contribution in [2.24, 2.45) is 11.8 Å². The van der Waals surface area contributed by atoms with Crippen molar-refractivity contribution < 1.29 is 23.4 Å². The van der Waals surface area contributed by atoms with Gasteiger partial charge in [-0.3, -0.25) is 9.78 Å². The fourth-order valence-electron chi connectivity index (χ4n) is 5.87. The van der Waals surface area contributed by atoms with Crippen molar-refractivity contribution in [1.82, 2.24) is 9.88 Å². The van der Waals surface area contributed by atoms with Gasteiger partial charge in [0.15, 0.2) is 0 Å². The SMILES string of the molecule is COc1ccc2nccc(CCCC3CCN(CCCCc4c(F)cccc4F)CC3CCC(=O)O)c2c1. The average molecular weight is 525 g/mol. The summed E-state index contributed by atoms with van der Waals surface area (Å²) in [4.78, 5) is 18.2. The van der Waals surface area contributed by atoms with E-state index in [4.69, 9.17) is 4.74 Å². The second-order valence-corrected chi connectivity index (χ2v) is 10.4. The first-order valence-corrected chi connectivity index (χ1v) is 13.7. The number of benzene rings is 2. The number of likely N-dealkylation sites (tertiary alicyclic amines) is 1. The fourth-order valence-corrected chi connectivity index (χ4v) is 5.87. The predicted molar refractivity (Wildman–Crippen MR) is 145 cm³/mol. The second kappa shape index (κ2) is 13.7. The van der Waals surface area contributed by atoms with Gasteiger partial charge in [0.1, 0.15) is 17.4 Å². The van der Waals surface area contributed by atoms with Crippen molar-refractivity contribution in [2.75, 3.05) is 26.7 Å². The van der Waals surface area contributed by atoms with Crippen LogP contribution in [0.3, 0.4) is 0 Å². The van der Waals surface area contributed by atoms with Gasteiger partial charge in [-0.1, -0.05) is 6.07 Å². The molecule has 0 aliphatic carbocycles. The van der Waals surface area contributed by atoms with E-state index in [0.29, 0.717) is 24.7 Å². The van der Waals surface area contributed by atoms with Crippen LogP contribution < -0.4 is 4.74 Å². The number of nitrogens with zero attached hydrogens (tertiary/aromatic N) is 2. The third-order valence-electron chi connectivity index (χ3n) is 7.98. The number of methoxy groups -OCH3 is 1. The van der Waals surface area contributed by atoms with Gasteiger partial charge in [0.05, 0.1) is 12.6 Å². The number of pyridine rings is 1. The second-order valence-electron chi connectivity index (χ2n) is 10.4. The van der Waals surface area contributed by atoms with Crippen LogP contribution in [-0.4, -0.2) is 47.7 Å². The highest BCUT2D eigenvalue weighted by Gasteiger charge is 2.29. The Hall–Kier alpha value is -3.06. The lowest BCUT2D eigenvalue weighted by Crippen LogP contribution is -2.41. The number of rotatable bonds is 13. The molecule has 2 aromatic carbocycles. The van der Waals surface area contributed by atoms with Crippen LogP contribution in [0.2, 0.25) is 0 Å². The molecule has 5 nitrogen and oxygen atoms in total. The molecule has 1 aliphatic heterocycles. The van der Waals surface area contributed by atoms with Crippen molar-refractivity contribution in [3.63, 3.8) is 0 Å². The molecule has 2 atom stereocenters. The van der Waals surface area contributed by atoms with E-state index in [0.717, 1.165) is 74.8 Å². The monoisotopic (exact) mass is 524 g/mol. The van der Waals surface area contributed by atoms with Crippen LogP contribution >= 0.6 is 0 Å². The minimum absolute atomic E-state index is 0.172. The molecular formula is C31H38F2N2O3. The molecule has 1 aliphatic rings. The number of halogens is 2. The molecular weight excluding hydrogens is 486 g/mol. The van der Waals surface area contributed by atoms with E-state index in [1.165, 1.54) is 23.8 Å². The highest BCUT2D eigenvalue weighted by molar-refractivity contribution is 5.83. The van der Waals surface area contributed by atoms with Gasteiger partial charge in [-0.15, -0.1) is 0 Å². The largest absolute Gasteiger partial charge is 0.497 e. The van der Waals surface area contributed by atoms with Gasteiger partial charge in [0.2, 0.25) is 0 Å². The number of carbonyl (C=O) groups is 1. The number of piperidine rings is 1. The number of hydrogen-bond acceptors (Lipinski definition) is 4. The van der Waals surface area contributed by atoms with Gasteiger partial charge in [0.25, 0.3) is 0 Å². The van der Waals surface area contributed by atoms with Crippen LogP contribution in [0.5, 0.6) is 5.75 Å². The zero-order valence-corrected chi connectivity index (χ0v) is 22.2. The van der Waals surface area contributed by atoms with Crippen molar-refractivity contribution >= 4 is 16.9 Å². The fraction of sp³-hybridized carbons (Fsp3) is 0.484. The maximum absolute atomic E-state index is 13.9. The molecule has 1 N–H and O–H groups in total. The Balaban J connectivity index is 1.29. The van der Waals surface area contributed by atoms with Crippen LogP contribution in [0.1, 0.15) is 56.1 Å². The molecule has 0 bridgehead atoms. The van der Waals surface area contributed by atoms with Crippen LogP contribution in [0, 0.1) is 23.5 Å². The molecule has 0 amide bonds. The number of aromatic nitrogens is 1. The number of unbranched alkanes of at least 4 members (excludes halogenated alkanes) is 1. The summed E-state index contributed by atoms with van der Waals surface area (Å²) in [6, 6.07) is 12.1. The van der Waals surface area contributed by atoms with Crippen molar-refractivity contribution in [3.8, 4) is 5.75 Å². The summed E-state index contributed by atoms with van der Waals surface area (Å²) >= 11 is 0. The Morgan fingerprint density at radius 1 is 1.05 bits per heavy atom. The summed E-state index contributed by atoms with van der Waals surface area (Å²) in [6.07, 6.45) is 8.83. The zero-order chi connectivity index (χ0) is 26.9. The van der Waals surface area contributed by atoms with E-state index in [1.54, 1.807) is 7.11 Å². The molecule has 0 saturated carbocycles. The summed E-state index contributed by atoms with van der Waals surface area (Å²) in [7, 11) is 1.67. The topological polar surface area (TPSA) is 62.7 Å².